The van der Waals surface area contributed by atoms with Gasteiger partial charge in [0.05, 0.1) is 0 Å². The van der Waals surface area contributed by atoms with Gasteiger partial charge in [0, 0.05) is 38.6 Å². The van der Waals surface area contributed by atoms with Crippen molar-refractivity contribution in [1.29, 1.82) is 0 Å². The SMILES string of the molecule is O=C(O)CCCN1CCN(C2CCCCC2)CC1. The molecular weight excluding hydrogens is 228 g/mol. The Hall–Kier alpha value is -0.610. The molecule has 1 heterocycles. The molecule has 1 saturated carbocycles. The van der Waals surface area contributed by atoms with Crippen LogP contribution in [0.3, 0.4) is 0 Å². The lowest BCUT2D eigenvalue weighted by atomic mass is 9.94. The van der Waals surface area contributed by atoms with Gasteiger partial charge >= 0.3 is 5.97 Å². The van der Waals surface area contributed by atoms with Gasteiger partial charge in [0.2, 0.25) is 0 Å². The summed E-state index contributed by atoms with van der Waals surface area (Å²) in [7, 11) is 0. The molecule has 0 unspecified atom stereocenters. The first kappa shape index (κ1) is 13.8. The Kier molecular flexibility index (Phi) is 5.45. The number of hydrogen-bond acceptors (Lipinski definition) is 3. The number of carboxylic acid groups (broad SMARTS) is 1. The van der Waals surface area contributed by atoms with Crippen molar-refractivity contribution in [3.8, 4) is 0 Å². The molecule has 1 saturated heterocycles. The van der Waals surface area contributed by atoms with Crippen LogP contribution >= 0.6 is 0 Å². The van der Waals surface area contributed by atoms with Gasteiger partial charge in [-0.15, -0.1) is 0 Å². The van der Waals surface area contributed by atoms with Crippen LogP contribution in [0.1, 0.15) is 44.9 Å². The zero-order valence-corrected chi connectivity index (χ0v) is 11.3. The van der Waals surface area contributed by atoms with Crippen LogP contribution in [-0.2, 0) is 4.79 Å². The molecule has 0 amide bonds. The number of nitrogens with zero attached hydrogens (tertiary/aromatic N) is 2. The molecule has 0 aromatic carbocycles. The Morgan fingerprint density at radius 1 is 1.06 bits per heavy atom. The van der Waals surface area contributed by atoms with Crippen molar-refractivity contribution in [2.75, 3.05) is 32.7 Å². The summed E-state index contributed by atoms with van der Waals surface area (Å²) in [5.41, 5.74) is 0. The molecule has 104 valence electrons. The maximum Gasteiger partial charge on any atom is 0.303 e. The van der Waals surface area contributed by atoms with E-state index in [2.05, 4.69) is 9.80 Å². The monoisotopic (exact) mass is 254 g/mol. The van der Waals surface area contributed by atoms with Gasteiger partial charge < -0.3 is 10.0 Å². The summed E-state index contributed by atoms with van der Waals surface area (Å²) in [5, 5.41) is 8.63. The summed E-state index contributed by atoms with van der Waals surface area (Å²) < 4.78 is 0. The van der Waals surface area contributed by atoms with Gasteiger partial charge in [0.1, 0.15) is 0 Å². The first-order chi connectivity index (χ1) is 8.75. The fourth-order valence-electron chi connectivity index (χ4n) is 3.25. The molecule has 2 aliphatic rings. The highest BCUT2D eigenvalue weighted by Gasteiger charge is 2.24. The normalized spacial score (nSPS) is 24.2. The molecule has 0 spiro atoms. The molecule has 1 N–H and O–H groups in total. The Labute approximate surface area is 110 Å². The summed E-state index contributed by atoms with van der Waals surface area (Å²) in [6, 6.07) is 0.833. The van der Waals surface area contributed by atoms with Gasteiger partial charge in [-0.2, -0.15) is 0 Å². The van der Waals surface area contributed by atoms with E-state index < -0.39 is 5.97 Å². The molecule has 0 bridgehead atoms. The van der Waals surface area contributed by atoms with Crippen molar-refractivity contribution in [3.63, 3.8) is 0 Å². The zero-order chi connectivity index (χ0) is 12.8. The molecule has 0 aromatic heterocycles. The van der Waals surface area contributed by atoms with Gasteiger partial charge in [-0.1, -0.05) is 19.3 Å². The van der Waals surface area contributed by atoms with Crippen LogP contribution < -0.4 is 0 Å². The Bertz CT molecular complexity index is 257. The predicted octanol–water partition coefficient (Wildman–Crippen LogP) is 1.80. The number of piperazine rings is 1. The third-order valence-corrected chi connectivity index (χ3v) is 4.36. The molecule has 2 fully saturated rings. The number of rotatable bonds is 5. The van der Waals surface area contributed by atoms with E-state index in [1.54, 1.807) is 0 Å². The molecule has 0 aromatic rings. The Balaban J connectivity index is 1.63. The van der Waals surface area contributed by atoms with Crippen LogP contribution in [0.5, 0.6) is 0 Å². The summed E-state index contributed by atoms with van der Waals surface area (Å²) in [5.74, 6) is -0.671. The van der Waals surface area contributed by atoms with E-state index in [4.69, 9.17) is 5.11 Å². The quantitative estimate of drug-likeness (QED) is 0.812. The van der Waals surface area contributed by atoms with Gasteiger partial charge in [-0.25, -0.2) is 0 Å². The highest BCUT2D eigenvalue weighted by molar-refractivity contribution is 5.66. The summed E-state index contributed by atoms with van der Waals surface area (Å²) in [6.07, 6.45) is 8.11. The minimum atomic E-state index is -0.671. The van der Waals surface area contributed by atoms with Gasteiger partial charge in [-0.05, 0) is 25.8 Å². The van der Waals surface area contributed by atoms with Crippen molar-refractivity contribution in [2.45, 2.75) is 51.0 Å². The standard InChI is InChI=1S/C14H26N2O2/c17-14(18)7-4-8-15-9-11-16(12-10-15)13-5-2-1-3-6-13/h13H,1-12H2,(H,17,18). The van der Waals surface area contributed by atoms with Crippen LogP contribution in [0.4, 0.5) is 0 Å². The van der Waals surface area contributed by atoms with Gasteiger partial charge in [-0.3, -0.25) is 9.69 Å². The van der Waals surface area contributed by atoms with Crippen LogP contribution in [0.15, 0.2) is 0 Å². The van der Waals surface area contributed by atoms with E-state index in [-0.39, 0.29) is 0 Å². The fraction of sp³-hybridized carbons (Fsp3) is 0.929. The maximum atomic E-state index is 10.5. The van der Waals surface area contributed by atoms with Crippen molar-refractivity contribution in [1.82, 2.24) is 9.80 Å². The smallest absolute Gasteiger partial charge is 0.303 e. The number of aliphatic carboxylic acids is 1. The predicted molar refractivity (Wildman–Crippen MR) is 71.8 cm³/mol. The van der Waals surface area contributed by atoms with Gasteiger partial charge in [0.25, 0.3) is 0 Å². The largest absolute Gasteiger partial charge is 0.481 e. The highest BCUT2D eigenvalue weighted by atomic mass is 16.4. The third kappa shape index (κ3) is 4.25. The summed E-state index contributed by atoms with van der Waals surface area (Å²) in [6.45, 7) is 5.55. The topological polar surface area (TPSA) is 43.8 Å². The molecular formula is C14H26N2O2. The second-order valence-corrected chi connectivity index (χ2v) is 5.67. The van der Waals surface area contributed by atoms with Crippen molar-refractivity contribution in [3.05, 3.63) is 0 Å². The lowest BCUT2D eigenvalue weighted by Gasteiger charge is -2.40. The minimum absolute atomic E-state index is 0.308. The molecule has 1 aliphatic heterocycles. The Morgan fingerprint density at radius 3 is 2.33 bits per heavy atom. The molecule has 0 radical (unpaired) electrons. The third-order valence-electron chi connectivity index (χ3n) is 4.36. The summed E-state index contributed by atoms with van der Waals surface area (Å²) >= 11 is 0. The Morgan fingerprint density at radius 2 is 1.72 bits per heavy atom. The lowest BCUT2D eigenvalue weighted by Crippen LogP contribution is -2.50. The second-order valence-electron chi connectivity index (χ2n) is 5.67. The zero-order valence-electron chi connectivity index (χ0n) is 11.3. The fourth-order valence-corrected chi connectivity index (χ4v) is 3.25. The molecule has 4 heteroatoms. The van der Waals surface area contributed by atoms with Crippen LogP contribution in [-0.4, -0.2) is 59.6 Å². The molecule has 4 nitrogen and oxygen atoms in total. The van der Waals surface area contributed by atoms with Crippen LogP contribution in [0.2, 0.25) is 0 Å². The van der Waals surface area contributed by atoms with Crippen molar-refractivity contribution >= 4 is 5.97 Å². The molecule has 2 rings (SSSR count). The van der Waals surface area contributed by atoms with E-state index in [0.29, 0.717) is 6.42 Å². The number of carboxylic acids is 1. The lowest BCUT2D eigenvalue weighted by molar-refractivity contribution is -0.137. The van der Waals surface area contributed by atoms with E-state index in [0.717, 1.165) is 32.1 Å². The second kappa shape index (κ2) is 7.10. The minimum Gasteiger partial charge on any atom is -0.481 e. The average Bonchev–Trinajstić information content (AvgIpc) is 2.40. The molecule has 1 aliphatic carbocycles. The van der Waals surface area contributed by atoms with E-state index in [1.807, 2.05) is 0 Å². The van der Waals surface area contributed by atoms with Crippen LogP contribution in [0.25, 0.3) is 0 Å². The first-order valence-electron chi connectivity index (χ1n) is 7.44. The van der Waals surface area contributed by atoms with Gasteiger partial charge in [0.15, 0.2) is 0 Å². The highest BCUT2D eigenvalue weighted by Crippen LogP contribution is 2.23. The average molecular weight is 254 g/mol. The number of hydrogen-bond donors (Lipinski definition) is 1. The molecule has 18 heavy (non-hydrogen) atoms. The van der Waals surface area contributed by atoms with E-state index in [9.17, 15) is 4.79 Å². The molecule has 0 atom stereocenters. The van der Waals surface area contributed by atoms with E-state index in [1.165, 1.54) is 45.2 Å². The number of carbonyl (C=O) groups is 1. The first-order valence-corrected chi connectivity index (χ1v) is 7.44. The van der Waals surface area contributed by atoms with Crippen molar-refractivity contribution in [2.24, 2.45) is 0 Å². The van der Waals surface area contributed by atoms with E-state index >= 15 is 0 Å². The van der Waals surface area contributed by atoms with Crippen LogP contribution in [0, 0.1) is 0 Å². The maximum absolute atomic E-state index is 10.5. The van der Waals surface area contributed by atoms with Crippen molar-refractivity contribution < 1.29 is 9.90 Å². The summed E-state index contributed by atoms with van der Waals surface area (Å²) in [4.78, 5) is 15.6.